The van der Waals surface area contributed by atoms with Crippen molar-refractivity contribution in [2.45, 2.75) is 25.5 Å². The van der Waals surface area contributed by atoms with Gasteiger partial charge in [0.25, 0.3) is 5.69 Å². The minimum absolute atomic E-state index is 0.0135. The molecule has 1 saturated carbocycles. The van der Waals surface area contributed by atoms with E-state index in [9.17, 15) is 19.3 Å². The number of halogens is 1. The summed E-state index contributed by atoms with van der Waals surface area (Å²) in [6.07, 6.45) is 2.67. The zero-order valence-corrected chi connectivity index (χ0v) is 22.2. The number of ether oxygens (including phenoxy) is 5. The molecule has 41 heavy (non-hydrogen) atoms. The Morgan fingerprint density at radius 3 is 2.44 bits per heavy atom. The Hall–Kier alpha value is -5.13. The highest BCUT2D eigenvalue weighted by Gasteiger charge is 2.34. The number of carbonyl (C=O) groups is 1. The molecule has 1 fully saturated rings. The van der Waals surface area contributed by atoms with E-state index in [4.69, 9.17) is 23.7 Å². The van der Waals surface area contributed by atoms with Gasteiger partial charge in [0.05, 0.1) is 30.7 Å². The lowest BCUT2D eigenvalue weighted by Gasteiger charge is -2.23. The topological polar surface area (TPSA) is 122 Å². The van der Waals surface area contributed by atoms with E-state index < -0.39 is 16.8 Å². The number of nitro benzene ring substituents is 1. The molecule has 5 rings (SSSR count). The monoisotopic (exact) mass is 563 g/mol. The molecule has 0 aliphatic heterocycles. The molecule has 0 atom stereocenters. The molecule has 4 aromatic rings. The average molecular weight is 564 g/mol. The van der Waals surface area contributed by atoms with Gasteiger partial charge in [-0.2, -0.15) is 0 Å². The van der Waals surface area contributed by atoms with Crippen LogP contribution in [0.1, 0.15) is 18.4 Å². The van der Waals surface area contributed by atoms with Crippen LogP contribution in [0.25, 0.3) is 10.9 Å². The Morgan fingerprint density at radius 2 is 1.78 bits per heavy atom. The van der Waals surface area contributed by atoms with Gasteiger partial charge in [0.2, 0.25) is 0 Å². The number of amides is 1. The molecule has 11 nitrogen and oxygen atoms in total. The van der Waals surface area contributed by atoms with Crippen molar-refractivity contribution in [1.82, 2.24) is 9.88 Å². The van der Waals surface area contributed by atoms with Crippen molar-refractivity contribution in [3.63, 3.8) is 0 Å². The third kappa shape index (κ3) is 6.38. The van der Waals surface area contributed by atoms with Crippen LogP contribution >= 0.6 is 0 Å². The first-order chi connectivity index (χ1) is 19.9. The zero-order chi connectivity index (χ0) is 28.9. The maximum Gasteiger partial charge on any atom is 0.413 e. The second kappa shape index (κ2) is 11.9. The van der Waals surface area contributed by atoms with Crippen molar-refractivity contribution in [1.29, 1.82) is 0 Å². The number of hydrogen-bond donors (Lipinski definition) is 0. The first kappa shape index (κ1) is 27.4. The molecule has 0 unspecified atom stereocenters. The number of carbonyl (C=O) groups excluding carboxylic acids is 1. The molecule has 1 amide bonds. The molecule has 1 aliphatic rings. The molecule has 1 aromatic heterocycles. The number of pyridine rings is 1. The molecule has 0 bridgehead atoms. The van der Waals surface area contributed by atoms with E-state index in [1.165, 1.54) is 30.3 Å². The summed E-state index contributed by atoms with van der Waals surface area (Å²) >= 11 is 0. The van der Waals surface area contributed by atoms with Crippen LogP contribution in [0.4, 0.5) is 14.9 Å². The lowest BCUT2D eigenvalue weighted by atomic mass is 10.1. The first-order valence-electron chi connectivity index (χ1n) is 12.6. The second-order valence-corrected chi connectivity index (χ2v) is 9.18. The first-order valence-corrected chi connectivity index (χ1v) is 12.6. The minimum Gasteiger partial charge on any atom is -0.497 e. The minimum atomic E-state index is -0.880. The van der Waals surface area contributed by atoms with Gasteiger partial charge in [-0.05, 0) is 48.7 Å². The lowest BCUT2D eigenvalue weighted by molar-refractivity contribution is -0.385. The van der Waals surface area contributed by atoms with Gasteiger partial charge in [-0.1, -0.05) is 12.1 Å². The number of methoxy groups -OCH3 is 2. The number of hydrogen-bond acceptors (Lipinski definition) is 9. The highest BCUT2D eigenvalue weighted by atomic mass is 19.1. The highest BCUT2D eigenvalue weighted by Crippen LogP contribution is 2.38. The molecule has 0 N–H and O–H groups in total. The number of nitro groups is 1. The summed E-state index contributed by atoms with van der Waals surface area (Å²) in [7, 11) is 3.04. The van der Waals surface area contributed by atoms with Crippen LogP contribution < -0.4 is 18.9 Å². The van der Waals surface area contributed by atoms with E-state index in [0.717, 1.165) is 30.5 Å². The summed E-state index contributed by atoms with van der Waals surface area (Å²) in [6, 6.07) is 15.2. The average Bonchev–Trinajstić information content (AvgIpc) is 3.82. The third-order valence-electron chi connectivity index (χ3n) is 6.44. The van der Waals surface area contributed by atoms with Crippen molar-refractivity contribution in [3.05, 3.63) is 88.4 Å². The van der Waals surface area contributed by atoms with Crippen LogP contribution in [-0.2, 0) is 11.3 Å². The summed E-state index contributed by atoms with van der Waals surface area (Å²) in [5.41, 5.74) is 0.896. The van der Waals surface area contributed by atoms with Crippen molar-refractivity contribution in [3.8, 4) is 28.7 Å². The van der Waals surface area contributed by atoms with Crippen molar-refractivity contribution >= 4 is 22.7 Å². The lowest BCUT2D eigenvalue weighted by Crippen LogP contribution is -2.36. The van der Waals surface area contributed by atoms with Gasteiger partial charge in [-0.3, -0.25) is 20.0 Å². The van der Waals surface area contributed by atoms with E-state index in [-0.39, 0.29) is 36.6 Å². The summed E-state index contributed by atoms with van der Waals surface area (Å²) in [6.45, 7) is 0.0333. The number of nitrogens with zero attached hydrogens (tertiary/aromatic N) is 3. The Morgan fingerprint density at radius 1 is 1.00 bits per heavy atom. The third-order valence-corrected chi connectivity index (χ3v) is 6.44. The van der Waals surface area contributed by atoms with E-state index in [1.807, 2.05) is 12.1 Å². The van der Waals surface area contributed by atoms with Crippen LogP contribution in [-0.4, -0.2) is 47.9 Å². The number of fused-ring (bicyclic) bond motifs is 1. The zero-order valence-electron chi connectivity index (χ0n) is 22.2. The molecule has 3 aromatic carbocycles. The van der Waals surface area contributed by atoms with Gasteiger partial charge in [-0.25, -0.2) is 9.18 Å². The quantitative estimate of drug-likeness (QED) is 0.119. The van der Waals surface area contributed by atoms with E-state index in [2.05, 4.69) is 4.98 Å². The molecule has 1 heterocycles. The Kier molecular flexibility index (Phi) is 7.99. The predicted octanol–water partition coefficient (Wildman–Crippen LogP) is 6.23. The van der Waals surface area contributed by atoms with Crippen molar-refractivity contribution in [2.75, 3.05) is 21.0 Å². The van der Waals surface area contributed by atoms with Gasteiger partial charge in [-0.15, -0.1) is 0 Å². The molecule has 12 heteroatoms. The van der Waals surface area contributed by atoms with E-state index in [1.54, 1.807) is 31.4 Å². The van der Waals surface area contributed by atoms with Gasteiger partial charge in [0, 0.05) is 29.8 Å². The van der Waals surface area contributed by atoms with E-state index >= 15 is 0 Å². The Labute approximate surface area is 234 Å². The number of rotatable bonds is 11. The van der Waals surface area contributed by atoms with Gasteiger partial charge in [0.15, 0.2) is 29.8 Å². The Balaban J connectivity index is 1.30. The fraction of sp³-hybridized carbons (Fsp3) is 0.241. The molecule has 0 spiro atoms. The van der Waals surface area contributed by atoms with Crippen LogP contribution in [0.3, 0.4) is 0 Å². The summed E-state index contributed by atoms with van der Waals surface area (Å²) in [4.78, 5) is 29.0. The number of benzene rings is 3. The Bertz CT molecular complexity index is 1580. The van der Waals surface area contributed by atoms with Crippen LogP contribution in [0, 0.1) is 15.9 Å². The molecular weight excluding hydrogens is 537 g/mol. The van der Waals surface area contributed by atoms with Crippen LogP contribution in [0.2, 0.25) is 0 Å². The maximum absolute atomic E-state index is 14.5. The molecule has 1 aliphatic carbocycles. The smallest absolute Gasteiger partial charge is 0.413 e. The fourth-order valence-corrected chi connectivity index (χ4v) is 4.08. The van der Waals surface area contributed by atoms with Crippen LogP contribution in [0.5, 0.6) is 28.7 Å². The highest BCUT2D eigenvalue weighted by molar-refractivity contribution is 5.88. The SMILES string of the molecule is COc1ccc(COC(=O)N(COc2cc3nccc(Oc4ccc([N+](=O)[O-])cc4F)c3cc2OC)C2CC2)cc1. The number of non-ortho nitro benzene ring substituents is 1. The molecular formula is C29H26FN3O8. The van der Waals surface area contributed by atoms with Gasteiger partial charge >= 0.3 is 6.09 Å². The molecule has 0 radical (unpaired) electrons. The summed E-state index contributed by atoms with van der Waals surface area (Å²) in [5.74, 6) is 0.575. The molecule has 212 valence electrons. The standard InChI is InChI=1S/C29H26FN3O8/c1-37-21-8-3-18(4-9-21)16-39-29(34)32(19-5-6-19)17-40-28-15-24-22(14-27(28)38-2)25(11-12-31-24)41-26-10-7-20(33(35)36)13-23(26)30/h3-4,7-15,19H,5-6,16-17H2,1-2H3. The number of aromatic nitrogens is 1. The predicted molar refractivity (Wildman–Crippen MR) is 145 cm³/mol. The largest absolute Gasteiger partial charge is 0.497 e. The van der Waals surface area contributed by atoms with Crippen molar-refractivity contribution < 1.29 is 37.8 Å². The van der Waals surface area contributed by atoms with Gasteiger partial charge in [0.1, 0.15) is 18.1 Å². The second-order valence-electron chi connectivity index (χ2n) is 9.18. The summed E-state index contributed by atoms with van der Waals surface area (Å²) < 4.78 is 42.4. The van der Waals surface area contributed by atoms with Crippen molar-refractivity contribution in [2.24, 2.45) is 0 Å². The van der Waals surface area contributed by atoms with E-state index in [0.29, 0.717) is 28.2 Å². The maximum atomic E-state index is 14.5. The normalized spacial score (nSPS) is 12.5. The summed E-state index contributed by atoms with van der Waals surface area (Å²) in [5, 5.41) is 11.4. The van der Waals surface area contributed by atoms with Crippen LogP contribution in [0.15, 0.2) is 66.9 Å². The molecule has 0 saturated heterocycles. The van der Waals surface area contributed by atoms with Gasteiger partial charge < -0.3 is 23.7 Å². The fourth-order valence-electron chi connectivity index (χ4n) is 4.08.